The van der Waals surface area contributed by atoms with E-state index in [0.717, 1.165) is 24.3 Å². The van der Waals surface area contributed by atoms with Crippen LogP contribution in [0.1, 0.15) is 6.92 Å². The van der Waals surface area contributed by atoms with Gasteiger partial charge in [0, 0.05) is 17.7 Å². The van der Waals surface area contributed by atoms with Crippen LogP contribution in [-0.4, -0.2) is 177 Å². The van der Waals surface area contributed by atoms with Gasteiger partial charge in [0.2, 0.25) is 23.8 Å². The number of rotatable bonds is 9. The van der Waals surface area contributed by atoms with Crippen LogP contribution in [0.25, 0.3) is 22.3 Å². The van der Waals surface area contributed by atoms with E-state index in [-0.39, 0.29) is 11.3 Å². The van der Waals surface area contributed by atoms with Crippen molar-refractivity contribution in [2.24, 2.45) is 0 Å². The van der Waals surface area contributed by atoms with Crippen molar-refractivity contribution in [2.75, 3.05) is 13.2 Å². The number of hydrogen-bond acceptors (Lipinski definition) is 22. The van der Waals surface area contributed by atoms with Crippen LogP contribution in [0.15, 0.2) is 33.5 Å². The molecule has 3 fully saturated rings. The third kappa shape index (κ3) is 7.45. The second kappa shape index (κ2) is 15.8. The van der Waals surface area contributed by atoms with Crippen molar-refractivity contribution in [3.63, 3.8) is 0 Å². The molecule has 3 aliphatic heterocycles. The lowest BCUT2D eigenvalue weighted by molar-refractivity contribution is -0.355. The number of phenols is 4. The second-order valence-electron chi connectivity index (χ2n) is 13.2. The maximum atomic E-state index is 14.2. The normalized spacial score (nSPS) is 36.8. The first-order valence-electron chi connectivity index (χ1n) is 16.7. The summed E-state index contributed by atoms with van der Waals surface area (Å²) in [4.78, 5) is 14.2. The molecule has 15 atom stereocenters. The van der Waals surface area contributed by atoms with Gasteiger partial charge in [0.25, 0.3) is 0 Å². The fraction of sp³-hybridized carbons (Fsp3) is 0.545. The SMILES string of the molecule is CC1OC(Oc2c(-c3cc(O)c(O)c(O)c3)oc3cc(OC4OC(CO)C(O)C(O)C4O)cc(O)c3c2=O)C(OC2OC(CO)C(O)C(O)C2O)C(O)C1O. The van der Waals surface area contributed by atoms with Gasteiger partial charge in [-0.25, -0.2) is 0 Å². The maximum absolute atomic E-state index is 14.2. The average Bonchev–Trinajstić information content (AvgIpc) is 3.15. The van der Waals surface area contributed by atoms with Crippen molar-refractivity contribution >= 4 is 11.0 Å². The van der Waals surface area contributed by atoms with Gasteiger partial charge >= 0.3 is 0 Å². The van der Waals surface area contributed by atoms with Crippen molar-refractivity contribution in [3.8, 4) is 45.8 Å². The summed E-state index contributed by atoms with van der Waals surface area (Å²) < 4.78 is 39.5. The van der Waals surface area contributed by atoms with E-state index in [1.807, 2.05) is 0 Å². The number of aliphatic hydroxyl groups is 10. The van der Waals surface area contributed by atoms with Crippen LogP contribution in [0.5, 0.6) is 34.5 Å². The number of ether oxygens (including phenoxy) is 6. The summed E-state index contributed by atoms with van der Waals surface area (Å²) in [7, 11) is 0. The van der Waals surface area contributed by atoms with Crippen LogP contribution >= 0.6 is 0 Å². The predicted molar refractivity (Wildman–Crippen MR) is 175 cm³/mol. The summed E-state index contributed by atoms with van der Waals surface area (Å²) >= 11 is 0. The molecule has 55 heavy (non-hydrogen) atoms. The predicted octanol–water partition coefficient (Wildman–Crippen LogP) is -4.51. The first-order chi connectivity index (χ1) is 26.0. The van der Waals surface area contributed by atoms with E-state index in [9.17, 15) is 76.3 Å². The number of aromatic hydroxyl groups is 4. The second-order valence-corrected chi connectivity index (χ2v) is 13.2. The van der Waals surface area contributed by atoms with Crippen LogP contribution in [0, 0.1) is 0 Å². The Morgan fingerprint density at radius 1 is 0.618 bits per heavy atom. The van der Waals surface area contributed by atoms with Crippen LogP contribution in [0.4, 0.5) is 0 Å². The molecule has 14 N–H and O–H groups in total. The summed E-state index contributed by atoms with van der Waals surface area (Å²) in [6.07, 6.45) is -26.3. The molecule has 4 heterocycles. The van der Waals surface area contributed by atoms with E-state index in [4.69, 9.17) is 32.8 Å². The Morgan fingerprint density at radius 2 is 1.18 bits per heavy atom. The number of aliphatic hydroxyl groups excluding tert-OH is 10. The summed E-state index contributed by atoms with van der Waals surface area (Å²) in [6.45, 7) is -0.327. The fourth-order valence-corrected chi connectivity index (χ4v) is 6.35. The Kier molecular flexibility index (Phi) is 11.6. The summed E-state index contributed by atoms with van der Waals surface area (Å²) in [5.41, 5.74) is -2.03. The van der Waals surface area contributed by atoms with Crippen molar-refractivity contribution < 1.29 is 104 Å². The van der Waals surface area contributed by atoms with Crippen molar-refractivity contribution in [3.05, 3.63) is 34.5 Å². The molecule has 22 nitrogen and oxygen atoms in total. The maximum Gasteiger partial charge on any atom is 0.239 e. The molecule has 0 saturated carbocycles. The lowest BCUT2D eigenvalue weighted by Crippen LogP contribution is -2.64. The molecule has 2 aromatic carbocycles. The third-order valence-corrected chi connectivity index (χ3v) is 9.50. The zero-order chi connectivity index (χ0) is 40.2. The van der Waals surface area contributed by atoms with Gasteiger partial charge in [0.1, 0.15) is 83.5 Å². The standard InChI is InChI=1S/C33H40O22/c1-8-18(39)25(46)30(55-32-27(48)24(45)21(42)16(7-35)53-32)33(49-8)54-29-22(43)17-11(36)4-10(50-31-26(47)23(44)20(41)15(6-34)52-31)5-14(17)51-28(29)9-2-12(37)19(40)13(38)3-9/h2-5,8,15-16,18,20-21,23-27,30-42,44-48H,6-7H2,1H3. The van der Waals surface area contributed by atoms with Gasteiger partial charge in [-0.05, 0) is 19.1 Å². The zero-order valence-corrected chi connectivity index (χ0v) is 28.4. The highest BCUT2D eigenvalue weighted by molar-refractivity contribution is 5.88. The average molecular weight is 789 g/mol. The van der Waals surface area contributed by atoms with Crippen molar-refractivity contribution in [1.29, 1.82) is 0 Å². The number of hydrogen-bond donors (Lipinski definition) is 14. The van der Waals surface area contributed by atoms with Crippen LogP contribution in [0.2, 0.25) is 0 Å². The largest absolute Gasteiger partial charge is 0.507 e. The minimum Gasteiger partial charge on any atom is -0.507 e. The minimum atomic E-state index is -2.00. The Hall–Kier alpha value is -4.11. The van der Waals surface area contributed by atoms with E-state index >= 15 is 0 Å². The van der Waals surface area contributed by atoms with Gasteiger partial charge in [0.05, 0.1) is 19.3 Å². The third-order valence-electron chi connectivity index (χ3n) is 9.50. The fourth-order valence-electron chi connectivity index (χ4n) is 6.35. The Balaban J connectivity index is 1.44. The molecule has 22 heteroatoms. The molecular weight excluding hydrogens is 748 g/mol. The van der Waals surface area contributed by atoms with E-state index < -0.39 is 156 Å². The lowest BCUT2D eigenvalue weighted by Gasteiger charge is -2.45. The molecule has 1 aromatic heterocycles. The van der Waals surface area contributed by atoms with E-state index in [2.05, 4.69) is 0 Å². The molecular formula is C33H40O22. The molecule has 0 spiro atoms. The quantitative estimate of drug-likeness (QED) is 0.0908. The highest BCUT2D eigenvalue weighted by Gasteiger charge is 2.51. The number of benzene rings is 2. The van der Waals surface area contributed by atoms with Crippen molar-refractivity contribution in [1.82, 2.24) is 0 Å². The summed E-state index contributed by atoms with van der Waals surface area (Å²) in [5, 5.41) is 144. The van der Waals surface area contributed by atoms with Gasteiger partial charge in [-0.2, -0.15) is 0 Å². The Bertz CT molecular complexity index is 1880. The molecule has 0 amide bonds. The van der Waals surface area contributed by atoms with E-state index in [1.54, 1.807) is 0 Å². The monoisotopic (exact) mass is 788 g/mol. The molecule has 3 saturated heterocycles. The minimum absolute atomic E-state index is 0.350. The lowest BCUT2D eigenvalue weighted by atomic mass is 9.97. The van der Waals surface area contributed by atoms with Crippen LogP contribution in [0.3, 0.4) is 0 Å². The van der Waals surface area contributed by atoms with Gasteiger partial charge < -0.3 is 104 Å². The Labute approximate surface area is 307 Å². The first kappa shape index (κ1) is 40.6. The Morgan fingerprint density at radius 3 is 1.76 bits per heavy atom. The van der Waals surface area contributed by atoms with Gasteiger partial charge in [-0.1, -0.05) is 0 Å². The van der Waals surface area contributed by atoms with Crippen LogP contribution in [-0.2, 0) is 18.9 Å². The molecule has 0 aliphatic carbocycles. The zero-order valence-electron chi connectivity index (χ0n) is 28.4. The summed E-state index contributed by atoms with van der Waals surface area (Å²) in [5.74, 6) is -5.48. The van der Waals surface area contributed by atoms with E-state index in [0.29, 0.717) is 0 Å². The van der Waals surface area contributed by atoms with E-state index in [1.165, 1.54) is 6.92 Å². The van der Waals surface area contributed by atoms with Crippen molar-refractivity contribution in [2.45, 2.75) is 99.0 Å². The van der Waals surface area contributed by atoms with Crippen LogP contribution < -0.4 is 14.9 Å². The number of phenolic OH excluding ortho intramolecular Hbond substituents is 4. The molecule has 15 unspecified atom stereocenters. The van der Waals surface area contributed by atoms with Gasteiger partial charge in [-0.3, -0.25) is 4.79 Å². The molecule has 3 aliphatic rings. The molecule has 6 rings (SSSR count). The number of fused-ring (bicyclic) bond motifs is 1. The molecule has 304 valence electrons. The first-order valence-corrected chi connectivity index (χ1v) is 16.7. The molecule has 3 aromatic rings. The molecule has 0 radical (unpaired) electrons. The smallest absolute Gasteiger partial charge is 0.239 e. The molecule has 0 bridgehead atoms. The topological polar surface area (TPSA) is 369 Å². The van der Waals surface area contributed by atoms with Gasteiger partial charge in [-0.15, -0.1) is 0 Å². The summed E-state index contributed by atoms with van der Waals surface area (Å²) in [6, 6.07) is 3.55. The van der Waals surface area contributed by atoms with Gasteiger partial charge in [0.15, 0.2) is 35.4 Å². The highest BCUT2D eigenvalue weighted by atomic mass is 16.8. The highest BCUT2D eigenvalue weighted by Crippen LogP contribution is 2.44.